The number of anilines is 1. The SMILES string of the molecule is Cc1ccc(NC(=O)N2CCC[C@@H]2c2ccc3c(c2)OCCO3)cc1. The summed E-state index contributed by atoms with van der Waals surface area (Å²) in [6, 6.07) is 13.9. The van der Waals surface area contributed by atoms with Crippen molar-refractivity contribution in [2.75, 3.05) is 25.1 Å². The molecule has 2 aromatic rings. The van der Waals surface area contributed by atoms with E-state index in [4.69, 9.17) is 9.47 Å². The first kappa shape index (κ1) is 15.8. The van der Waals surface area contributed by atoms with E-state index in [0.717, 1.165) is 42.1 Å². The number of amides is 2. The predicted molar refractivity (Wildman–Crippen MR) is 96.3 cm³/mol. The number of hydrogen-bond donors (Lipinski definition) is 1. The minimum absolute atomic E-state index is 0.0544. The molecular weight excluding hydrogens is 316 g/mol. The molecule has 0 radical (unpaired) electrons. The summed E-state index contributed by atoms with van der Waals surface area (Å²) in [5.74, 6) is 1.55. The van der Waals surface area contributed by atoms with Crippen molar-refractivity contribution in [3.8, 4) is 11.5 Å². The van der Waals surface area contributed by atoms with E-state index in [0.29, 0.717) is 13.2 Å². The van der Waals surface area contributed by atoms with Gasteiger partial charge in [0.2, 0.25) is 0 Å². The zero-order chi connectivity index (χ0) is 17.2. The van der Waals surface area contributed by atoms with Gasteiger partial charge in [-0.3, -0.25) is 0 Å². The molecule has 2 amide bonds. The predicted octanol–water partition coefficient (Wildman–Crippen LogP) is 4.14. The van der Waals surface area contributed by atoms with E-state index in [1.807, 2.05) is 54.3 Å². The van der Waals surface area contributed by atoms with Crippen molar-refractivity contribution in [2.24, 2.45) is 0 Å². The second-order valence-corrected chi connectivity index (χ2v) is 6.55. The Hall–Kier alpha value is -2.69. The van der Waals surface area contributed by atoms with Crippen LogP contribution in [0.1, 0.15) is 30.0 Å². The van der Waals surface area contributed by atoms with E-state index < -0.39 is 0 Å². The van der Waals surface area contributed by atoms with Crippen LogP contribution < -0.4 is 14.8 Å². The standard InChI is InChI=1S/C20H22N2O3/c1-14-4-7-16(8-5-14)21-20(23)22-10-2-3-17(22)15-6-9-18-19(13-15)25-12-11-24-18/h4-9,13,17H,2-3,10-12H2,1H3,(H,21,23)/t17-/m1/s1. The topological polar surface area (TPSA) is 50.8 Å². The fourth-order valence-corrected chi connectivity index (χ4v) is 3.46. The molecule has 1 fully saturated rings. The van der Waals surface area contributed by atoms with Gasteiger partial charge in [-0.2, -0.15) is 0 Å². The van der Waals surface area contributed by atoms with Crippen LogP contribution in [0, 0.1) is 6.92 Å². The van der Waals surface area contributed by atoms with Crippen LogP contribution in [0.2, 0.25) is 0 Å². The van der Waals surface area contributed by atoms with E-state index in [-0.39, 0.29) is 12.1 Å². The summed E-state index contributed by atoms with van der Waals surface area (Å²) in [6.45, 7) is 3.94. The average Bonchev–Trinajstić information content (AvgIpc) is 3.13. The lowest BCUT2D eigenvalue weighted by Crippen LogP contribution is -2.34. The van der Waals surface area contributed by atoms with Gasteiger partial charge in [0.1, 0.15) is 13.2 Å². The highest BCUT2D eigenvalue weighted by molar-refractivity contribution is 5.89. The van der Waals surface area contributed by atoms with Gasteiger partial charge in [0.05, 0.1) is 6.04 Å². The van der Waals surface area contributed by atoms with Crippen molar-refractivity contribution in [2.45, 2.75) is 25.8 Å². The average molecular weight is 338 g/mol. The minimum atomic E-state index is -0.0544. The van der Waals surface area contributed by atoms with Gasteiger partial charge in [-0.1, -0.05) is 23.8 Å². The first-order valence-electron chi connectivity index (χ1n) is 8.74. The van der Waals surface area contributed by atoms with Crippen LogP contribution in [0.15, 0.2) is 42.5 Å². The van der Waals surface area contributed by atoms with E-state index in [1.165, 1.54) is 5.56 Å². The second-order valence-electron chi connectivity index (χ2n) is 6.55. The maximum Gasteiger partial charge on any atom is 0.322 e. The maximum absolute atomic E-state index is 12.7. The van der Waals surface area contributed by atoms with Gasteiger partial charge in [0.15, 0.2) is 11.5 Å². The molecule has 1 N–H and O–H groups in total. The van der Waals surface area contributed by atoms with Crippen molar-refractivity contribution >= 4 is 11.7 Å². The summed E-state index contributed by atoms with van der Waals surface area (Å²) in [7, 11) is 0. The molecule has 0 unspecified atom stereocenters. The molecule has 1 atom stereocenters. The second kappa shape index (κ2) is 6.67. The molecule has 2 heterocycles. The smallest absolute Gasteiger partial charge is 0.322 e. The normalized spacial score (nSPS) is 18.9. The molecule has 0 bridgehead atoms. The molecule has 5 heteroatoms. The summed E-state index contributed by atoms with van der Waals surface area (Å²) in [5, 5.41) is 3.00. The van der Waals surface area contributed by atoms with Crippen LogP contribution in [0.4, 0.5) is 10.5 Å². The van der Waals surface area contributed by atoms with Crippen molar-refractivity contribution in [3.05, 3.63) is 53.6 Å². The van der Waals surface area contributed by atoms with Crippen LogP contribution >= 0.6 is 0 Å². The summed E-state index contributed by atoms with van der Waals surface area (Å²) in [4.78, 5) is 14.6. The molecule has 1 saturated heterocycles. The number of likely N-dealkylation sites (tertiary alicyclic amines) is 1. The van der Waals surface area contributed by atoms with Crippen molar-refractivity contribution in [1.29, 1.82) is 0 Å². The highest BCUT2D eigenvalue weighted by Crippen LogP contribution is 2.38. The number of ether oxygens (including phenoxy) is 2. The summed E-state index contributed by atoms with van der Waals surface area (Å²) < 4.78 is 11.3. The van der Waals surface area contributed by atoms with Crippen LogP contribution in [-0.4, -0.2) is 30.7 Å². The van der Waals surface area contributed by atoms with Gasteiger partial charge < -0.3 is 19.7 Å². The Morgan fingerprint density at radius 3 is 2.64 bits per heavy atom. The quantitative estimate of drug-likeness (QED) is 0.895. The Kier molecular flexibility index (Phi) is 4.22. The molecule has 0 aromatic heterocycles. The Balaban J connectivity index is 1.51. The van der Waals surface area contributed by atoms with E-state index in [1.54, 1.807) is 0 Å². The highest BCUT2D eigenvalue weighted by Gasteiger charge is 2.31. The van der Waals surface area contributed by atoms with Gasteiger partial charge in [-0.05, 0) is 49.6 Å². The zero-order valence-electron chi connectivity index (χ0n) is 14.3. The van der Waals surface area contributed by atoms with E-state index in [2.05, 4.69) is 5.32 Å². The van der Waals surface area contributed by atoms with Crippen LogP contribution in [0.5, 0.6) is 11.5 Å². The maximum atomic E-state index is 12.7. The number of carbonyl (C=O) groups is 1. The third-order valence-electron chi connectivity index (χ3n) is 4.77. The van der Waals surface area contributed by atoms with Gasteiger partial charge in [-0.25, -0.2) is 4.79 Å². The zero-order valence-corrected chi connectivity index (χ0v) is 14.3. The number of fused-ring (bicyclic) bond motifs is 1. The molecule has 0 saturated carbocycles. The number of carbonyl (C=O) groups excluding carboxylic acids is 1. The molecule has 0 aliphatic carbocycles. The molecular formula is C20H22N2O3. The lowest BCUT2D eigenvalue weighted by atomic mass is 10.0. The fraction of sp³-hybridized carbons (Fsp3) is 0.350. The Bertz CT molecular complexity index is 773. The molecule has 0 spiro atoms. The van der Waals surface area contributed by atoms with Crippen LogP contribution in [0.25, 0.3) is 0 Å². The molecule has 2 aromatic carbocycles. The Morgan fingerprint density at radius 2 is 1.84 bits per heavy atom. The van der Waals surface area contributed by atoms with Gasteiger partial charge in [0.25, 0.3) is 0 Å². The molecule has 5 nitrogen and oxygen atoms in total. The van der Waals surface area contributed by atoms with Crippen molar-refractivity contribution in [3.63, 3.8) is 0 Å². The number of nitrogens with one attached hydrogen (secondary N) is 1. The van der Waals surface area contributed by atoms with Crippen molar-refractivity contribution in [1.82, 2.24) is 4.90 Å². The van der Waals surface area contributed by atoms with Crippen LogP contribution in [-0.2, 0) is 0 Å². The van der Waals surface area contributed by atoms with Gasteiger partial charge >= 0.3 is 6.03 Å². The number of nitrogens with zero attached hydrogens (tertiary/aromatic N) is 1. The fourth-order valence-electron chi connectivity index (χ4n) is 3.46. The number of rotatable bonds is 2. The number of benzene rings is 2. The van der Waals surface area contributed by atoms with Crippen LogP contribution in [0.3, 0.4) is 0 Å². The van der Waals surface area contributed by atoms with Gasteiger partial charge in [-0.15, -0.1) is 0 Å². The molecule has 25 heavy (non-hydrogen) atoms. The molecule has 130 valence electrons. The third kappa shape index (κ3) is 3.27. The highest BCUT2D eigenvalue weighted by atomic mass is 16.6. The monoisotopic (exact) mass is 338 g/mol. The minimum Gasteiger partial charge on any atom is -0.486 e. The number of hydrogen-bond acceptors (Lipinski definition) is 3. The third-order valence-corrected chi connectivity index (χ3v) is 4.77. The summed E-state index contributed by atoms with van der Waals surface area (Å²) >= 11 is 0. The lowest BCUT2D eigenvalue weighted by molar-refractivity contribution is 0.170. The molecule has 4 rings (SSSR count). The summed E-state index contributed by atoms with van der Waals surface area (Å²) in [6.07, 6.45) is 1.96. The number of urea groups is 1. The number of aryl methyl sites for hydroxylation is 1. The summed E-state index contributed by atoms with van der Waals surface area (Å²) in [5.41, 5.74) is 3.09. The lowest BCUT2D eigenvalue weighted by Gasteiger charge is -2.27. The Labute approximate surface area is 147 Å². The largest absolute Gasteiger partial charge is 0.486 e. The first-order valence-corrected chi connectivity index (χ1v) is 8.74. The van der Waals surface area contributed by atoms with E-state index >= 15 is 0 Å². The Morgan fingerprint density at radius 1 is 1.08 bits per heavy atom. The molecule has 2 aliphatic rings. The van der Waals surface area contributed by atoms with Crippen molar-refractivity contribution < 1.29 is 14.3 Å². The van der Waals surface area contributed by atoms with Gasteiger partial charge in [0, 0.05) is 12.2 Å². The van der Waals surface area contributed by atoms with E-state index in [9.17, 15) is 4.79 Å². The first-order chi connectivity index (χ1) is 12.2. The molecule has 2 aliphatic heterocycles.